The molecule has 0 N–H and O–H groups in total. The molecule has 0 saturated heterocycles. The smallest absolute Gasteiger partial charge is 0.198 e. The van der Waals surface area contributed by atoms with Crippen LogP contribution in [0.3, 0.4) is 0 Å². The first kappa shape index (κ1) is 7.42. The Bertz CT molecular complexity index is 434. The molecule has 0 aliphatic carbocycles. The van der Waals surface area contributed by atoms with Crippen molar-refractivity contribution in [2.75, 3.05) is 0 Å². The van der Waals surface area contributed by atoms with E-state index in [1.54, 1.807) is 23.3 Å². The van der Waals surface area contributed by atoms with Crippen molar-refractivity contribution in [3.63, 3.8) is 0 Å². The predicted octanol–water partition coefficient (Wildman–Crippen LogP) is 1.69. The molecule has 2 aromatic rings. The van der Waals surface area contributed by atoms with Crippen LogP contribution in [0.25, 0.3) is 17.4 Å². The Morgan fingerprint density at radius 2 is 2.33 bits per heavy atom. The van der Waals surface area contributed by atoms with Crippen LogP contribution in [0.4, 0.5) is 0 Å². The molecule has 0 spiro atoms. The number of rotatable bonds is 1. The Labute approximate surface area is 77.1 Å². The van der Waals surface area contributed by atoms with Gasteiger partial charge in [0.15, 0.2) is 10.4 Å². The molecule has 0 aromatic carbocycles. The molecule has 5 heteroatoms. The van der Waals surface area contributed by atoms with E-state index in [4.69, 9.17) is 0 Å². The Balaban J connectivity index is 2.83. The summed E-state index contributed by atoms with van der Waals surface area (Å²) in [5, 5.41) is 0. The van der Waals surface area contributed by atoms with E-state index in [1.165, 1.54) is 0 Å². The largest absolute Gasteiger partial charge is 0.291 e. The van der Waals surface area contributed by atoms with Crippen molar-refractivity contribution in [1.29, 1.82) is 0 Å². The van der Waals surface area contributed by atoms with Crippen LogP contribution in [0.1, 0.15) is 0 Å². The molecule has 2 rings (SSSR count). The van der Waals surface area contributed by atoms with E-state index >= 15 is 0 Å². The molecule has 4 nitrogen and oxygen atoms in total. The molecular formula is C7H5BrN4. The zero-order valence-electron chi connectivity index (χ0n) is 6.11. The lowest BCUT2D eigenvalue weighted by Crippen LogP contribution is -1.88. The van der Waals surface area contributed by atoms with Crippen LogP contribution in [0.5, 0.6) is 0 Å². The zero-order chi connectivity index (χ0) is 8.55. The first-order valence-corrected chi connectivity index (χ1v) is 4.08. The molecule has 60 valence electrons. The summed E-state index contributed by atoms with van der Waals surface area (Å²) >= 11 is 3.18. The van der Waals surface area contributed by atoms with Crippen LogP contribution >= 0.6 is 15.9 Å². The van der Waals surface area contributed by atoms with Crippen LogP contribution in [-0.2, 0) is 0 Å². The number of hydrogen-bond acceptors (Lipinski definition) is 3. The lowest BCUT2D eigenvalue weighted by Gasteiger charge is -1.92. The summed E-state index contributed by atoms with van der Waals surface area (Å²) in [6.45, 7) is 3.63. The summed E-state index contributed by atoms with van der Waals surface area (Å²) in [6, 6.07) is 0. The number of halogens is 1. The summed E-state index contributed by atoms with van der Waals surface area (Å²) < 4.78 is 2.29. The van der Waals surface area contributed by atoms with Gasteiger partial charge < -0.3 is 0 Å². The van der Waals surface area contributed by atoms with Crippen LogP contribution in [0, 0.1) is 0 Å². The summed E-state index contributed by atoms with van der Waals surface area (Å²) in [4.78, 5) is 12.2. The van der Waals surface area contributed by atoms with Crippen LogP contribution in [0.2, 0.25) is 0 Å². The van der Waals surface area contributed by atoms with Crippen molar-refractivity contribution >= 4 is 33.3 Å². The summed E-state index contributed by atoms with van der Waals surface area (Å²) in [5.74, 6) is 0. The fourth-order valence-corrected chi connectivity index (χ4v) is 1.21. The van der Waals surface area contributed by atoms with Gasteiger partial charge in [-0.1, -0.05) is 6.58 Å². The van der Waals surface area contributed by atoms with Crippen LogP contribution < -0.4 is 0 Å². The Morgan fingerprint density at radius 1 is 1.50 bits per heavy atom. The van der Waals surface area contributed by atoms with Gasteiger partial charge in [-0.05, 0) is 15.9 Å². The third-order valence-electron chi connectivity index (χ3n) is 1.48. The molecule has 0 aliphatic rings. The molecule has 0 saturated carbocycles. The van der Waals surface area contributed by atoms with Gasteiger partial charge in [-0.25, -0.2) is 15.0 Å². The summed E-state index contributed by atoms with van der Waals surface area (Å²) in [7, 11) is 0. The second kappa shape index (κ2) is 2.67. The van der Waals surface area contributed by atoms with E-state index in [0.717, 1.165) is 11.2 Å². The zero-order valence-corrected chi connectivity index (χ0v) is 7.69. The van der Waals surface area contributed by atoms with E-state index in [0.29, 0.717) is 4.73 Å². The maximum atomic E-state index is 4.14. The number of nitrogens with zero attached hydrogens (tertiary/aromatic N) is 4. The van der Waals surface area contributed by atoms with Gasteiger partial charge in [0, 0.05) is 6.20 Å². The summed E-state index contributed by atoms with van der Waals surface area (Å²) in [6.07, 6.45) is 4.96. The molecule has 0 fully saturated rings. The van der Waals surface area contributed by atoms with Crippen LogP contribution in [-0.4, -0.2) is 19.5 Å². The molecular weight excluding hydrogens is 220 g/mol. The lowest BCUT2D eigenvalue weighted by molar-refractivity contribution is 1.10. The Morgan fingerprint density at radius 3 is 3.08 bits per heavy atom. The molecule has 2 aromatic heterocycles. The molecule has 2 heterocycles. The van der Waals surface area contributed by atoms with Crippen molar-refractivity contribution in [1.82, 2.24) is 19.5 Å². The highest BCUT2D eigenvalue weighted by atomic mass is 79.9. The number of aromatic nitrogens is 4. The molecule has 0 unspecified atom stereocenters. The van der Waals surface area contributed by atoms with E-state index < -0.39 is 0 Å². The van der Waals surface area contributed by atoms with E-state index in [1.807, 2.05) is 0 Å². The normalized spacial score (nSPS) is 10.4. The van der Waals surface area contributed by atoms with E-state index in [2.05, 4.69) is 37.5 Å². The first-order valence-electron chi connectivity index (χ1n) is 3.29. The highest BCUT2D eigenvalue weighted by Gasteiger charge is 2.01. The van der Waals surface area contributed by atoms with Crippen molar-refractivity contribution < 1.29 is 0 Å². The van der Waals surface area contributed by atoms with Gasteiger partial charge in [0.1, 0.15) is 11.8 Å². The molecule has 12 heavy (non-hydrogen) atoms. The quantitative estimate of drug-likeness (QED) is 0.693. The lowest BCUT2D eigenvalue weighted by atomic mass is 10.6. The van der Waals surface area contributed by atoms with E-state index in [-0.39, 0.29) is 0 Å². The topological polar surface area (TPSA) is 43.6 Å². The standard InChI is InChI=1S/C7H5BrN4/c1-2-12-4-10-5-3-9-7(8)11-6(5)12/h2-4H,1H2. The maximum absolute atomic E-state index is 4.14. The SMILES string of the molecule is C=Cn1cnc2cnc(Br)nc21. The van der Waals surface area contributed by atoms with Crippen molar-refractivity contribution in [3.8, 4) is 0 Å². The fraction of sp³-hybridized carbons (Fsp3) is 0. The van der Waals surface area contributed by atoms with Gasteiger partial charge in [-0.2, -0.15) is 0 Å². The van der Waals surface area contributed by atoms with Gasteiger partial charge in [-0.3, -0.25) is 4.57 Å². The number of imidazole rings is 1. The molecule has 0 atom stereocenters. The van der Waals surface area contributed by atoms with Gasteiger partial charge in [0.2, 0.25) is 0 Å². The highest BCUT2D eigenvalue weighted by Crippen LogP contribution is 2.11. The molecule has 0 radical (unpaired) electrons. The third-order valence-corrected chi connectivity index (χ3v) is 1.87. The minimum Gasteiger partial charge on any atom is -0.291 e. The number of fused-ring (bicyclic) bond motifs is 1. The van der Waals surface area contributed by atoms with Gasteiger partial charge in [-0.15, -0.1) is 0 Å². The van der Waals surface area contributed by atoms with Gasteiger partial charge in [0.05, 0.1) is 6.20 Å². The predicted molar refractivity (Wildman–Crippen MR) is 49.4 cm³/mol. The third kappa shape index (κ3) is 1.02. The Kier molecular flexibility index (Phi) is 1.65. The van der Waals surface area contributed by atoms with Crippen molar-refractivity contribution in [3.05, 3.63) is 23.8 Å². The molecule has 0 aliphatic heterocycles. The minimum absolute atomic E-state index is 0.554. The molecule has 0 bridgehead atoms. The van der Waals surface area contributed by atoms with Crippen molar-refractivity contribution in [2.45, 2.75) is 0 Å². The van der Waals surface area contributed by atoms with Crippen LogP contribution in [0.15, 0.2) is 23.8 Å². The van der Waals surface area contributed by atoms with Gasteiger partial charge >= 0.3 is 0 Å². The fourth-order valence-electron chi connectivity index (χ4n) is 0.939. The number of hydrogen-bond donors (Lipinski definition) is 0. The minimum atomic E-state index is 0.554. The summed E-state index contributed by atoms with van der Waals surface area (Å²) in [5.41, 5.74) is 1.52. The average Bonchev–Trinajstić information content (AvgIpc) is 2.46. The monoisotopic (exact) mass is 224 g/mol. The van der Waals surface area contributed by atoms with Gasteiger partial charge in [0.25, 0.3) is 0 Å². The Hall–Kier alpha value is -1.23. The molecule has 0 amide bonds. The maximum Gasteiger partial charge on any atom is 0.198 e. The highest BCUT2D eigenvalue weighted by molar-refractivity contribution is 9.10. The van der Waals surface area contributed by atoms with Crippen molar-refractivity contribution in [2.24, 2.45) is 0 Å². The average molecular weight is 225 g/mol. The van der Waals surface area contributed by atoms with E-state index in [9.17, 15) is 0 Å². The second-order valence-corrected chi connectivity index (χ2v) is 2.89. The first-order chi connectivity index (χ1) is 5.81. The second-order valence-electron chi connectivity index (χ2n) is 2.18.